The van der Waals surface area contributed by atoms with Gasteiger partial charge in [0.25, 0.3) is 5.91 Å². The Hall–Kier alpha value is -2.19. The number of carbonyl (C=O) groups excluding carboxylic acids is 1. The molecule has 3 heterocycles. The Morgan fingerprint density at radius 1 is 1.46 bits per heavy atom. The first-order chi connectivity index (χ1) is 12.5. The molecule has 1 atom stereocenters. The van der Waals surface area contributed by atoms with Crippen molar-refractivity contribution in [3.8, 4) is 5.13 Å². The average Bonchev–Trinajstić information content (AvgIpc) is 3.33. The Morgan fingerprint density at radius 3 is 2.88 bits per heavy atom. The van der Waals surface area contributed by atoms with Gasteiger partial charge in [-0.3, -0.25) is 14.2 Å². The fraction of sp³-hybridized carbons (Fsp3) is 0.500. The molecule has 0 aliphatic carbocycles. The Labute approximate surface area is 156 Å². The van der Waals surface area contributed by atoms with E-state index in [0.29, 0.717) is 18.7 Å². The van der Waals surface area contributed by atoms with E-state index in [1.165, 1.54) is 11.3 Å². The van der Waals surface area contributed by atoms with Gasteiger partial charge in [0, 0.05) is 42.7 Å². The number of amides is 1. The van der Waals surface area contributed by atoms with E-state index in [-0.39, 0.29) is 25.0 Å². The van der Waals surface area contributed by atoms with Gasteiger partial charge in [0.15, 0.2) is 5.13 Å². The summed E-state index contributed by atoms with van der Waals surface area (Å²) in [5.41, 5.74) is 2.33. The summed E-state index contributed by atoms with van der Waals surface area (Å²) in [4.78, 5) is 30.1. The van der Waals surface area contributed by atoms with Crippen LogP contribution in [0.5, 0.6) is 0 Å². The maximum Gasteiger partial charge on any atom is 0.305 e. The minimum Gasteiger partial charge on any atom is -0.481 e. The highest BCUT2D eigenvalue weighted by Gasteiger charge is 2.27. The lowest BCUT2D eigenvalue weighted by Gasteiger charge is -2.25. The molecule has 1 N–H and O–H groups in total. The Kier molecular flexibility index (Phi) is 5.73. The third kappa shape index (κ3) is 3.96. The van der Waals surface area contributed by atoms with Crippen LogP contribution in [0.1, 0.15) is 41.0 Å². The number of aryl methyl sites for hydroxylation is 1. The lowest BCUT2D eigenvalue weighted by atomic mass is 10.1. The van der Waals surface area contributed by atoms with Gasteiger partial charge in [-0.2, -0.15) is 0 Å². The highest BCUT2D eigenvalue weighted by Crippen LogP contribution is 2.24. The molecule has 1 unspecified atom stereocenters. The second kappa shape index (κ2) is 8.01. The van der Waals surface area contributed by atoms with E-state index in [4.69, 9.17) is 9.84 Å². The number of ether oxygens (including phenoxy) is 1. The average molecular weight is 377 g/mol. The molecule has 1 saturated heterocycles. The smallest absolute Gasteiger partial charge is 0.305 e. The van der Waals surface area contributed by atoms with Crippen molar-refractivity contribution < 1.29 is 19.4 Å². The van der Waals surface area contributed by atoms with Crippen LogP contribution in [0.25, 0.3) is 5.13 Å². The Bertz CT molecular complexity index is 779. The molecule has 8 heteroatoms. The van der Waals surface area contributed by atoms with Crippen molar-refractivity contribution in [1.29, 1.82) is 0 Å². The van der Waals surface area contributed by atoms with Gasteiger partial charge in [0.05, 0.1) is 18.1 Å². The summed E-state index contributed by atoms with van der Waals surface area (Å²) in [6.45, 7) is 5.13. The van der Waals surface area contributed by atoms with Crippen molar-refractivity contribution in [3.05, 3.63) is 34.6 Å². The highest BCUT2D eigenvalue weighted by atomic mass is 32.1. The van der Waals surface area contributed by atoms with Crippen molar-refractivity contribution in [2.45, 2.75) is 39.2 Å². The standard InChI is InChI=1S/C18H23N3O4S/c1-12-10-15(13(2)21(12)18-19-6-9-26-18)17(24)20(7-5-16(22)23)11-14-4-3-8-25-14/h6,9-10,14H,3-5,7-8,11H2,1-2H3,(H,22,23). The molecule has 1 aliphatic heterocycles. The van der Waals surface area contributed by atoms with Crippen LogP contribution in [0.15, 0.2) is 17.6 Å². The number of carbonyl (C=O) groups is 2. The van der Waals surface area contributed by atoms with Crippen molar-refractivity contribution in [2.24, 2.45) is 0 Å². The summed E-state index contributed by atoms with van der Waals surface area (Å²) in [5.74, 6) is -1.07. The quantitative estimate of drug-likeness (QED) is 0.802. The van der Waals surface area contributed by atoms with E-state index >= 15 is 0 Å². The van der Waals surface area contributed by atoms with E-state index in [2.05, 4.69) is 4.98 Å². The first-order valence-electron chi connectivity index (χ1n) is 8.69. The zero-order chi connectivity index (χ0) is 18.7. The molecule has 2 aromatic heterocycles. The van der Waals surface area contributed by atoms with E-state index in [0.717, 1.165) is 29.4 Å². The van der Waals surface area contributed by atoms with Crippen LogP contribution in [0.3, 0.4) is 0 Å². The van der Waals surface area contributed by atoms with Gasteiger partial charge in [-0.1, -0.05) is 0 Å². The molecule has 1 aliphatic rings. The van der Waals surface area contributed by atoms with Gasteiger partial charge in [-0.25, -0.2) is 4.98 Å². The maximum absolute atomic E-state index is 13.1. The number of carboxylic acid groups (broad SMARTS) is 1. The molecular formula is C18H23N3O4S. The number of nitrogens with zero attached hydrogens (tertiary/aromatic N) is 3. The topological polar surface area (TPSA) is 84.7 Å². The first kappa shape index (κ1) is 18.6. The second-order valence-electron chi connectivity index (χ2n) is 6.46. The van der Waals surface area contributed by atoms with Crippen LogP contribution >= 0.6 is 11.3 Å². The number of aliphatic carboxylic acids is 1. The molecule has 0 aromatic carbocycles. The lowest BCUT2D eigenvalue weighted by molar-refractivity contribution is -0.137. The number of rotatable bonds is 7. The fourth-order valence-electron chi connectivity index (χ4n) is 3.31. The summed E-state index contributed by atoms with van der Waals surface area (Å²) in [6, 6.07) is 1.85. The van der Waals surface area contributed by atoms with Crippen molar-refractivity contribution in [3.63, 3.8) is 0 Å². The van der Waals surface area contributed by atoms with Crippen LogP contribution in [-0.2, 0) is 9.53 Å². The van der Waals surface area contributed by atoms with E-state index in [1.54, 1.807) is 11.1 Å². The Morgan fingerprint density at radius 2 is 2.27 bits per heavy atom. The number of carboxylic acids is 1. The summed E-state index contributed by atoms with van der Waals surface area (Å²) in [7, 11) is 0. The second-order valence-corrected chi connectivity index (χ2v) is 7.34. The molecule has 140 valence electrons. The molecule has 0 radical (unpaired) electrons. The van der Waals surface area contributed by atoms with Gasteiger partial charge in [-0.15, -0.1) is 11.3 Å². The summed E-state index contributed by atoms with van der Waals surface area (Å²) in [5, 5.41) is 11.7. The Balaban J connectivity index is 1.85. The molecule has 26 heavy (non-hydrogen) atoms. The normalized spacial score (nSPS) is 16.8. The SMILES string of the molecule is Cc1cc(C(=O)N(CCC(=O)O)CC2CCCO2)c(C)n1-c1nccs1. The number of hydrogen-bond acceptors (Lipinski definition) is 5. The monoisotopic (exact) mass is 377 g/mol. The molecule has 0 bridgehead atoms. The molecule has 0 saturated carbocycles. The first-order valence-corrected chi connectivity index (χ1v) is 9.57. The van der Waals surface area contributed by atoms with Gasteiger partial charge in [0.2, 0.25) is 0 Å². The van der Waals surface area contributed by atoms with E-state index in [9.17, 15) is 9.59 Å². The lowest BCUT2D eigenvalue weighted by Crippen LogP contribution is -2.39. The molecule has 1 amide bonds. The van der Waals surface area contributed by atoms with Crippen LogP contribution in [0, 0.1) is 13.8 Å². The van der Waals surface area contributed by atoms with Gasteiger partial charge in [-0.05, 0) is 32.8 Å². The third-order valence-corrected chi connectivity index (χ3v) is 5.36. The zero-order valence-corrected chi connectivity index (χ0v) is 15.8. The molecule has 2 aromatic rings. The molecule has 1 fully saturated rings. The maximum atomic E-state index is 13.1. The van der Waals surface area contributed by atoms with Crippen LogP contribution < -0.4 is 0 Å². The van der Waals surface area contributed by atoms with Crippen molar-refractivity contribution in [1.82, 2.24) is 14.5 Å². The molecule has 7 nitrogen and oxygen atoms in total. The fourth-order valence-corrected chi connectivity index (χ4v) is 4.06. The molecule has 0 spiro atoms. The predicted octanol–water partition coefficient (Wildman–Crippen LogP) is 2.65. The number of aromatic nitrogens is 2. The molecular weight excluding hydrogens is 354 g/mol. The summed E-state index contributed by atoms with van der Waals surface area (Å²) in [6.07, 6.45) is 3.51. The highest BCUT2D eigenvalue weighted by molar-refractivity contribution is 7.12. The minimum atomic E-state index is -0.914. The van der Waals surface area contributed by atoms with Crippen LogP contribution in [0.2, 0.25) is 0 Å². The number of thiazole rings is 1. The van der Waals surface area contributed by atoms with Crippen LogP contribution in [0.4, 0.5) is 0 Å². The van der Waals surface area contributed by atoms with Crippen molar-refractivity contribution in [2.75, 3.05) is 19.7 Å². The summed E-state index contributed by atoms with van der Waals surface area (Å²) < 4.78 is 7.60. The van der Waals surface area contributed by atoms with Crippen LogP contribution in [-0.4, -0.2) is 57.2 Å². The third-order valence-electron chi connectivity index (χ3n) is 4.60. The minimum absolute atomic E-state index is 0.0183. The van der Waals surface area contributed by atoms with Gasteiger partial charge < -0.3 is 14.7 Å². The number of hydrogen-bond donors (Lipinski definition) is 1. The van der Waals surface area contributed by atoms with E-state index in [1.807, 2.05) is 29.9 Å². The largest absolute Gasteiger partial charge is 0.481 e. The zero-order valence-electron chi connectivity index (χ0n) is 15.0. The van der Waals surface area contributed by atoms with Gasteiger partial charge in [0.1, 0.15) is 0 Å². The predicted molar refractivity (Wildman–Crippen MR) is 98.0 cm³/mol. The van der Waals surface area contributed by atoms with E-state index < -0.39 is 5.97 Å². The van der Waals surface area contributed by atoms with Gasteiger partial charge >= 0.3 is 5.97 Å². The molecule has 3 rings (SSSR count). The van der Waals surface area contributed by atoms with Crippen molar-refractivity contribution >= 4 is 23.2 Å². The summed E-state index contributed by atoms with van der Waals surface area (Å²) >= 11 is 1.51.